The van der Waals surface area contributed by atoms with Gasteiger partial charge in [0.05, 0.1) is 0 Å². The highest BCUT2D eigenvalue weighted by atomic mass is 15.0. The summed E-state index contributed by atoms with van der Waals surface area (Å²) in [5.41, 5.74) is 0.467. The van der Waals surface area contributed by atoms with E-state index in [1.54, 1.807) is 0 Å². The minimum absolute atomic E-state index is 0.467. The quantitative estimate of drug-likeness (QED) is 0.742. The maximum absolute atomic E-state index is 3.86. The number of hydrogen-bond acceptors (Lipinski definition) is 1. The summed E-state index contributed by atoms with van der Waals surface area (Å²) in [6, 6.07) is 0. The Balaban J connectivity index is 1.90. The molecule has 0 radical (unpaired) electrons. The first kappa shape index (κ1) is 12.4. The van der Waals surface area contributed by atoms with Crippen LogP contribution in [-0.4, -0.2) is 12.1 Å². The van der Waals surface area contributed by atoms with E-state index in [4.69, 9.17) is 0 Å². The van der Waals surface area contributed by atoms with Crippen LogP contribution in [0.3, 0.4) is 0 Å². The topological polar surface area (TPSA) is 12.0 Å². The Morgan fingerprint density at radius 3 is 2.50 bits per heavy atom. The highest BCUT2D eigenvalue weighted by Crippen LogP contribution is 2.39. The minimum Gasteiger partial charge on any atom is -0.311 e. The molecule has 16 heavy (non-hydrogen) atoms. The predicted molar refractivity (Wildman–Crippen MR) is 70.6 cm³/mol. The molecule has 1 nitrogen and oxygen atoms in total. The van der Waals surface area contributed by atoms with E-state index in [2.05, 4.69) is 19.2 Å². The van der Waals surface area contributed by atoms with Gasteiger partial charge in [-0.05, 0) is 51.0 Å². The average Bonchev–Trinajstić information content (AvgIpc) is 2.55. The zero-order valence-corrected chi connectivity index (χ0v) is 11.2. The molecular weight excluding hydrogens is 194 g/mol. The number of hydrogen-bond donors (Lipinski definition) is 1. The lowest BCUT2D eigenvalue weighted by atomic mass is 9.70. The van der Waals surface area contributed by atoms with Crippen LogP contribution in [0.5, 0.6) is 0 Å². The molecule has 0 spiro atoms. The maximum Gasteiger partial charge on any atom is 0.0181 e. The summed E-state index contributed by atoms with van der Waals surface area (Å²) in [7, 11) is 0. The fraction of sp³-hybridized carbons (Fsp3) is 1.00. The SMILES string of the molecule is CCC1CCC(C2(C)CCCCCN2)CC1. The molecule has 1 atom stereocenters. The highest BCUT2D eigenvalue weighted by Gasteiger charge is 2.36. The smallest absolute Gasteiger partial charge is 0.0181 e. The zero-order valence-electron chi connectivity index (χ0n) is 11.2. The first-order valence-corrected chi connectivity index (χ1v) is 7.49. The normalized spacial score (nSPS) is 41.6. The van der Waals surface area contributed by atoms with Crippen LogP contribution in [0.4, 0.5) is 0 Å². The van der Waals surface area contributed by atoms with Crippen LogP contribution in [0.15, 0.2) is 0 Å². The summed E-state index contributed by atoms with van der Waals surface area (Å²) < 4.78 is 0. The second-order valence-corrected chi connectivity index (χ2v) is 6.28. The van der Waals surface area contributed by atoms with Crippen molar-refractivity contribution >= 4 is 0 Å². The molecule has 94 valence electrons. The molecule has 0 aromatic heterocycles. The molecule has 2 aliphatic rings. The van der Waals surface area contributed by atoms with Gasteiger partial charge in [0, 0.05) is 5.54 Å². The summed E-state index contributed by atoms with van der Waals surface area (Å²) in [4.78, 5) is 0. The fourth-order valence-electron chi connectivity index (χ4n) is 3.81. The van der Waals surface area contributed by atoms with E-state index in [0.29, 0.717) is 5.54 Å². The molecule has 0 amide bonds. The molecule has 1 heterocycles. The fourth-order valence-corrected chi connectivity index (χ4v) is 3.81. The molecule has 1 N–H and O–H groups in total. The van der Waals surface area contributed by atoms with Crippen molar-refractivity contribution in [2.45, 2.75) is 77.2 Å². The highest BCUT2D eigenvalue weighted by molar-refractivity contribution is 4.93. The number of rotatable bonds is 2. The van der Waals surface area contributed by atoms with Gasteiger partial charge >= 0.3 is 0 Å². The van der Waals surface area contributed by atoms with Gasteiger partial charge in [0.2, 0.25) is 0 Å². The van der Waals surface area contributed by atoms with Crippen LogP contribution >= 0.6 is 0 Å². The molecule has 2 fully saturated rings. The largest absolute Gasteiger partial charge is 0.311 e. The third-order valence-electron chi connectivity index (χ3n) is 5.23. The van der Waals surface area contributed by atoms with Crippen LogP contribution in [0, 0.1) is 11.8 Å². The lowest BCUT2D eigenvalue weighted by molar-refractivity contribution is 0.145. The summed E-state index contributed by atoms with van der Waals surface area (Å²) in [5.74, 6) is 1.99. The molecule has 1 aliphatic heterocycles. The molecule has 0 aromatic rings. The van der Waals surface area contributed by atoms with Crippen molar-refractivity contribution in [1.82, 2.24) is 5.32 Å². The van der Waals surface area contributed by atoms with Gasteiger partial charge in [-0.3, -0.25) is 0 Å². The lowest BCUT2D eigenvalue weighted by Crippen LogP contribution is -2.49. The van der Waals surface area contributed by atoms with E-state index in [1.807, 2.05) is 0 Å². The van der Waals surface area contributed by atoms with Gasteiger partial charge in [0.1, 0.15) is 0 Å². The Labute approximate surface area is 101 Å². The van der Waals surface area contributed by atoms with Gasteiger partial charge in [-0.1, -0.05) is 39.0 Å². The van der Waals surface area contributed by atoms with Crippen LogP contribution < -0.4 is 5.32 Å². The summed E-state index contributed by atoms with van der Waals surface area (Å²) in [5, 5.41) is 3.86. The average molecular weight is 223 g/mol. The van der Waals surface area contributed by atoms with Gasteiger partial charge in [0.15, 0.2) is 0 Å². The van der Waals surface area contributed by atoms with Gasteiger partial charge in [0.25, 0.3) is 0 Å². The standard InChI is InChI=1S/C15H29N/c1-3-13-7-9-14(10-8-13)15(2)11-5-4-6-12-16-15/h13-14,16H,3-12H2,1-2H3. The molecular formula is C15H29N. The molecule has 0 aromatic carbocycles. The molecule has 2 rings (SSSR count). The maximum atomic E-state index is 3.86. The van der Waals surface area contributed by atoms with Crippen LogP contribution in [0.2, 0.25) is 0 Å². The molecule has 1 heteroatoms. The van der Waals surface area contributed by atoms with Gasteiger partial charge in [-0.15, -0.1) is 0 Å². The van der Waals surface area contributed by atoms with Crippen molar-refractivity contribution in [3.8, 4) is 0 Å². The Morgan fingerprint density at radius 2 is 1.81 bits per heavy atom. The first-order chi connectivity index (χ1) is 7.74. The Bertz CT molecular complexity index is 195. The van der Waals surface area contributed by atoms with Crippen molar-refractivity contribution in [1.29, 1.82) is 0 Å². The van der Waals surface area contributed by atoms with Crippen molar-refractivity contribution in [2.75, 3.05) is 6.54 Å². The van der Waals surface area contributed by atoms with Crippen LogP contribution in [-0.2, 0) is 0 Å². The second-order valence-electron chi connectivity index (χ2n) is 6.28. The second kappa shape index (κ2) is 5.53. The molecule has 0 bridgehead atoms. The Hall–Kier alpha value is -0.0400. The van der Waals surface area contributed by atoms with E-state index >= 15 is 0 Å². The van der Waals surface area contributed by atoms with E-state index in [-0.39, 0.29) is 0 Å². The van der Waals surface area contributed by atoms with Gasteiger partial charge < -0.3 is 5.32 Å². The third-order valence-corrected chi connectivity index (χ3v) is 5.23. The Morgan fingerprint density at radius 1 is 1.06 bits per heavy atom. The summed E-state index contributed by atoms with van der Waals surface area (Å²) in [6.45, 7) is 6.11. The Kier molecular flexibility index (Phi) is 4.29. The van der Waals surface area contributed by atoms with Crippen LogP contribution in [0.1, 0.15) is 71.6 Å². The zero-order chi connectivity index (χ0) is 11.4. The predicted octanol–water partition coefficient (Wildman–Crippen LogP) is 4.13. The van der Waals surface area contributed by atoms with Gasteiger partial charge in [-0.25, -0.2) is 0 Å². The van der Waals surface area contributed by atoms with Crippen molar-refractivity contribution in [2.24, 2.45) is 11.8 Å². The third kappa shape index (κ3) is 2.80. The van der Waals surface area contributed by atoms with Crippen molar-refractivity contribution < 1.29 is 0 Å². The van der Waals surface area contributed by atoms with Crippen LogP contribution in [0.25, 0.3) is 0 Å². The molecule has 1 aliphatic carbocycles. The molecule has 1 saturated carbocycles. The monoisotopic (exact) mass is 223 g/mol. The molecule has 1 unspecified atom stereocenters. The van der Waals surface area contributed by atoms with E-state index in [9.17, 15) is 0 Å². The van der Waals surface area contributed by atoms with Gasteiger partial charge in [-0.2, -0.15) is 0 Å². The lowest BCUT2D eigenvalue weighted by Gasteiger charge is -2.42. The summed E-state index contributed by atoms with van der Waals surface area (Å²) >= 11 is 0. The van der Waals surface area contributed by atoms with Crippen molar-refractivity contribution in [3.05, 3.63) is 0 Å². The van der Waals surface area contributed by atoms with E-state index in [0.717, 1.165) is 11.8 Å². The molecule has 1 saturated heterocycles. The number of nitrogens with one attached hydrogen (secondary N) is 1. The first-order valence-electron chi connectivity index (χ1n) is 7.49. The van der Waals surface area contributed by atoms with E-state index in [1.165, 1.54) is 64.3 Å². The van der Waals surface area contributed by atoms with Crippen molar-refractivity contribution in [3.63, 3.8) is 0 Å². The summed E-state index contributed by atoms with van der Waals surface area (Å²) in [6.07, 6.45) is 13.0. The minimum atomic E-state index is 0.467. The van der Waals surface area contributed by atoms with E-state index < -0.39 is 0 Å².